The van der Waals surface area contributed by atoms with Crippen LogP contribution in [0.25, 0.3) is 11.0 Å². The quantitative estimate of drug-likeness (QED) is 0.785. The van der Waals surface area contributed by atoms with Crippen LogP contribution in [0.1, 0.15) is 18.0 Å². The summed E-state index contributed by atoms with van der Waals surface area (Å²) in [4.78, 5) is 6.32. The van der Waals surface area contributed by atoms with Gasteiger partial charge in [0.25, 0.3) is 0 Å². The number of hydrogen-bond donors (Lipinski definition) is 1. The molecule has 1 aromatic carbocycles. The lowest BCUT2D eigenvalue weighted by Gasteiger charge is -2.27. The lowest BCUT2D eigenvalue weighted by Crippen LogP contribution is -2.24. The number of anilines is 1. The maximum atomic E-state index is 13.6. The fourth-order valence-electron chi connectivity index (χ4n) is 3.40. The summed E-state index contributed by atoms with van der Waals surface area (Å²) in [5.74, 6) is -1.75. The summed E-state index contributed by atoms with van der Waals surface area (Å²) >= 11 is 0. The van der Waals surface area contributed by atoms with Crippen molar-refractivity contribution >= 4 is 16.7 Å². The van der Waals surface area contributed by atoms with Gasteiger partial charge in [0, 0.05) is 19.8 Å². The zero-order chi connectivity index (χ0) is 16.8. The second kappa shape index (κ2) is 5.52. The summed E-state index contributed by atoms with van der Waals surface area (Å²) in [5, 5.41) is 15.2. The number of benzene rings is 1. The van der Waals surface area contributed by atoms with Gasteiger partial charge < -0.3 is 10.0 Å². The van der Waals surface area contributed by atoms with Crippen LogP contribution in [0.15, 0.2) is 36.7 Å². The lowest BCUT2D eigenvalue weighted by atomic mass is 10.0. The summed E-state index contributed by atoms with van der Waals surface area (Å²) in [6.07, 6.45) is 3.33. The smallest absolute Gasteiger partial charge is 0.159 e. The zero-order valence-electron chi connectivity index (χ0n) is 13.0. The molecule has 1 N–H and O–H groups in total. The Morgan fingerprint density at radius 1 is 1.21 bits per heavy atom. The van der Waals surface area contributed by atoms with Crippen molar-refractivity contribution < 1.29 is 13.9 Å². The molecule has 5 nitrogen and oxygen atoms in total. The normalized spacial score (nSPS) is 20.9. The van der Waals surface area contributed by atoms with E-state index in [1.165, 1.54) is 6.07 Å². The first-order valence-electron chi connectivity index (χ1n) is 7.71. The van der Waals surface area contributed by atoms with E-state index in [2.05, 4.69) is 10.1 Å². The van der Waals surface area contributed by atoms with Crippen molar-refractivity contribution in [3.8, 4) is 0 Å². The minimum absolute atomic E-state index is 0.235. The first kappa shape index (κ1) is 15.0. The molecule has 0 amide bonds. The fraction of sp³-hybridized carbons (Fsp3) is 0.294. The van der Waals surface area contributed by atoms with Gasteiger partial charge in [-0.25, -0.2) is 13.8 Å². The number of halogens is 2. The molecule has 3 heterocycles. The second-order valence-electron chi connectivity index (χ2n) is 6.07. The molecule has 0 radical (unpaired) electrons. The summed E-state index contributed by atoms with van der Waals surface area (Å²) in [6.45, 7) is 0.414. The SMILES string of the molecule is Cn1ncc2c(N3C[C@@H](O)C[C@@H]3c3ccc(F)c(F)c3)ccnc21. The maximum Gasteiger partial charge on any atom is 0.159 e. The molecule has 1 saturated heterocycles. The van der Waals surface area contributed by atoms with Crippen LogP contribution in [-0.2, 0) is 7.05 Å². The monoisotopic (exact) mass is 330 g/mol. The summed E-state index contributed by atoms with van der Waals surface area (Å²) < 4.78 is 28.6. The summed E-state index contributed by atoms with van der Waals surface area (Å²) in [7, 11) is 1.81. The van der Waals surface area contributed by atoms with Gasteiger partial charge in [-0.1, -0.05) is 6.07 Å². The first-order valence-corrected chi connectivity index (χ1v) is 7.71. The number of nitrogens with zero attached hydrogens (tertiary/aromatic N) is 4. The van der Waals surface area contributed by atoms with E-state index in [0.717, 1.165) is 22.8 Å². The molecule has 1 fully saturated rings. The number of aromatic nitrogens is 3. The van der Waals surface area contributed by atoms with Crippen molar-refractivity contribution in [2.24, 2.45) is 7.05 Å². The molecular formula is C17H16F2N4O. The van der Waals surface area contributed by atoms with Gasteiger partial charge in [-0.05, 0) is 30.2 Å². The van der Waals surface area contributed by atoms with Crippen LogP contribution in [0.4, 0.5) is 14.5 Å². The van der Waals surface area contributed by atoms with E-state index < -0.39 is 17.7 Å². The third-order valence-electron chi connectivity index (χ3n) is 4.53. The van der Waals surface area contributed by atoms with Crippen molar-refractivity contribution in [2.75, 3.05) is 11.4 Å². The molecule has 3 aromatic rings. The van der Waals surface area contributed by atoms with Gasteiger partial charge in [0.2, 0.25) is 0 Å². The molecule has 2 atom stereocenters. The number of aliphatic hydroxyl groups excluding tert-OH is 1. The molecule has 0 unspecified atom stereocenters. The van der Waals surface area contributed by atoms with Gasteiger partial charge in [-0.15, -0.1) is 0 Å². The molecular weight excluding hydrogens is 314 g/mol. The molecule has 24 heavy (non-hydrogen) atoms. The van der Waals surface area contributed by atoms with E-state index in [1.54, 1.807) is 23.1 Å². The van der Waals surface area contributed by atoms with Crippen molar-refractivity contribution in [1.29, 1.82) is 0 Å². The van der Waals surface area contributed by atoms with Crippen molar-refractivity contribution in [3.63, 3.8) is 0 Å². The highest BCUT2D eigenvalue weighted by Gasteiger charge is 2.33. The average Bonchev–Trinajstić information content (AvgIpc) is 3.14. The van der Waals surface area contributed by atoms with Crippen LogP contribution in [0.2, 0.25) is 0 Å². The molecule has 0 spiro atoms. The fourth-order valence-corrected chi connectivity index (χ4v) is 3.40. The van der Waals surface area contributed by atoms with Gasteiger partial charge in [-0.3, -0.25) is 4.68 Å². The third kappa shape index (κ3) is 2.32. The number of rotatable bonds is 2. The van der Waals surface area contributed by atoms with Crippen LogP contribution in [-0.4, -0.2) is 32.5 Å². The molecule has 1 aliphatic rings. The molecule has 4 rings (SSSR count). The highest BCUT2D eigenvalue weighted by atomic mass is 19.2. The zero-order valence-corrected chi connectivity index (χ0v) is 13.0. The molecule has 0 aliphatic carbocycles. The van der Waals surface area contributed by atoms with E-state index in [1.807, 2.05) is 18.0 Å². The number of fused-ring (bicyclic) bond motifs is 1. The van der Waals surface area contributed by atoms with Crippen LogP contribution in [0.3, 0.4) is 0 Å². The predicted octanol–water partition coefficient (Wildman–Crippen LogP) is 2.56. The van der Waals surface area contributed by atoms with Crippen molar-refractivity contribution in [1.82, 2.24) is 14.8 Å². The third-order valence-corrected chi connectivity index (χ3v) is 4.53. The van der Waals surface area contributed by atoms with Crippen LogP contribution < -0.4 is 4.90 Å². The predicted molar refractivity (Wildman–Crippen MR) is 85.6 cm³/mol. The van der Waals surface area contributed by atoms with Crippen LogP contribution in [0, 0.1) is 11.6 Å². The van der Waals surface area contributed by atoms with E-state index >= 15 is 0 Å². The van der Waals surface area contributed by atoms with E-state index in [-0.39, 0.29) is 6.04 Å². The average molecular weight is 330 g/mol. The van der Waals surface area contributed by atoms with Gasteiger partial charge in [0.05, 0.1) is 29.4 Å². The van der Waals surface area contributed by atoms with Crippen LogP contribution in [0.5, 0.6) is 0 Å². The Kier molecular flexibility index (Phi) is 3.45. The van der Waals surface area contributed by atoms with Gasteiger partial charge in [0.15, 0.2) is 17.3 Å². The molecule has 1 aliphatic heterocycles. The Bertz CT molecular complexity index is 911. The number of aliphatic hydroxyl groups is 1. The number of β-amino-alcohol motifs (C(OH)–C–C–N with tert-alkyl or cyclic N) is 1. The minimum atomic E-state index is -0.880. The first-order chi connectivity index (χ1) is 11.5. The topological polar surface area (TPSA) is 54.2 Å². The van der Waals surface area contributed by atoms with Crippen molar-refractivity contribution in [2.45, 2.75) is 18.6 Å². The van der Waals surface area contributed by atoms with E-state index in [9.17, 15) is 13.9 Å². The summed E-state index contributed by atoms with van der Waals surface area (Å²) in [5.41, 5.74) is 2.25. The highest BCUT2D eigenvalue weighted by molar-refractivity contribution is 5.89. The van der Waals surface area contributed by atoms with Crippen LogP contribution >= 0.6 is 0 Å². The van der Waals surface area contributed by atoms with Crippen molar-refractivity contribution in [3.05, 3.63) is 53.9 Å². The number of pyridine rings is 1. The molecule has 124 valence electrons. The molecule has 7 heteroatoms. The van der Waals surface area contributed by atoms with E-state index in [4.69, 9.17) is 0 Å². The maximum absolute atomic E-state index is 13.6. The Hall–Kier alpha value is -2.54. The number of aryl methyl sites for hydroxylation is 1. The van der Waals surface area contributed by atoms with Gasteiger partial charge in [-0.2, -0.15) is 5.10 Å². The molecule has 0 saturated carbocycles. The molecule has 2 aromatic heterocycles. The Labute approximate surface area is 137 Å². The summed E-state index contributed by atoms with van der Waals surface area (Å²) in [6, 6.07) is 5.51. The largest absolute Gasteiger partial charge is 0.391 e. The minimum Gasteiger partial charge on any atom is -0.391 e. The number of hydrogen-bond acceptors (Lipinski definition) is 4. The standard InChI is InChI=1S/C17H16F2N4O/c1-22-17-12(8-21-22)15(4-5-20-17)23-9-11(24)7-16(23)10-2-3-13(18)14(19)6-10/h2-6,8,11,16,24H,7,9H2,1H3/t11-,16+/m0/s1. The molecule has 0 bridgehead atoms. The Morgan fingerprint density at radius 2 is 2.04 bits per heavy atom. The Morgan fingerprint density at radius 3 is 2.83 bits per heavy atom. The van der Waals surface area contributed by atoms with E-state index in [0.29, 0.717) is 18.5 Å². The lowest BCUT2D eigenvalue weighted by molar-refractivity contribution is 0.194. The second-order valence-corrected chi connectivity index (χ2v) is 6.07. The highest BCUT2D eigenvalue weighted by Crippen LogP contribution is 2.39. The van der Waals surface area contributed by atoms with Gasteiger partial charge in [0.1, 0.15) is 0 Å². The Balaban J connectivity index is 1.81. The van der Waals surface area contributed by atoms with Gasteiger partial charge >= 0.3 is 0 Å².